The van der Waals surface area contributed by atoms with Gasteiger partial charge in [-0.15, -0.1) is 0 Å². The standard InChI is InChI=1S/C51H34N4O/c1-3-13-33(14-4-1)34-25-27-36(28-26-34)49-52-50(37-17-11-18-39(31-37)55-44-22-9-7-19-41(44)42-20-8-10-23-45(42)55)54-51(53-49)38-29-30-43-47(32-38)56-46-24-12-21-40(48(43)46)35-15-5-2-6-16-35/h1-25,27-32,34H,26H2. The number of hydrogen-bond donors (Lipinski definition) is 0. The van der Waals surface area contributed by atoms with Crippen LogP contribution in [0.1, 0.15) is 23.7 Å². The number of hydrogen-bond acceptors (Lipinski definition) is 4. The van der Waals surface area contributed by atoms with Crippen LogP contribution in [0.4, 0.5) is 0 Å². The molecule has 3 heterocycles. The van der Waals surface area contributed by atoms with Crippen molar-refractivity contribution in [1.29, 1.82) is 0 Å². The van der Waals surface area contributed by atoms with Gasteiger partial charge in [-0.3, -0.25) is 0 Å². The van der Waals surface area contributed by atoms with E-state index in [1.54, 1.807) is 0 Å². The molecule has 0 bridgehead atoms. The average Bonchev–Trinajstić information content (AvgIpc) is 3.82. The van der Waals surface area contributed by atoms with Crippen molar-refractivity contribution in [2.75, 3.05) is 0 Å². The molecule has 0 spiro atoms. The molecule has 3 aromatic heterocycles. The number of rotatable bonds is 6. The van der Waals surface area contributed by atoms with Crippen LogP contribution in [0.3, 0.4) is 0 Å². The minimum atomic E-state index is 0.305. The lowest BCUT2D eigenvalue weighted by molar-refractivity contribution is 0.669. The smallest absolute Gasteiger partial charge is 0.164 e. The van der Waals surface area contributed by atoms with E-state index in [0.29, 0.717) is 23.4 Å². The van der Waals surface area contributed by atoms with Gasteiger partial charge in [-0.25, -0.2) is 15.0 Å². The van der Waals surface area contributed by atoms with Gasteiger partial charge in [0, 0.05) is 49.9 Å². The van der Waals surface area contributed by atoms with E-state index in [1.807, 2.05) is 12.1 Å². The van der Waals surface area contributed by atoms with Gasteiger partial charge in [0.25, 0.3) is 0 Å². The molecule has 56 heavy (non-hydrogen) atoms. The van der Waals surface area contributed by atoms with E-state index < -0.39 is 0 Å². The number of furan rings is 1. The van der Waals surface area contributed by atoms with Crippen molar-refractivity contribution in [3.05, 3.63) is 199 Å². The minimum Gasteiger partial charge on any atom is -0.456 e. The normalized spacial score (nSPS) is 14.2. The maximum Gasteiger partial charge on any atom is 0.164 e. The molecular weight excluding hydrogens is 685 g/mol. The summed E-state index contributed by atoms with van der Waals surface area (Å²) in [5.41, 5.74) is 11.4. The Balaban J connectivity index is 1.06. The molecule has 1 aliphatic rings. The van der Waals surface area contributed by atoms with Crippen molar-refractivity contribution < 1.29 is 4.42 Å². The maximum absolute atomic E-state index is 6.52. The highest BCUT2D eigenvalue weighted by atomic mass is 16.3. The fourth-order valence-electron chi connectivity index (χ4n) is 8.30. The SMILES string of the molecule is C1=CC(c2ccccc2)CC=C1c1nc(-c2cccc(-n3c4ccccc4c4ccccc43)c2)nc(-c2ccc3c(c2)oc2cccc(-c4ccccc4)c23)n1. The predicted octanol–water partition coefficient (Wildman–Crippen LogP) is 13.0. The highest BCUT2D eigenvalue weighted by Gasteiger charge is 2.20. The summed E-state index contributed by atoms with van der Waals surface area (Å²) >= 11 is 0. The predicted molar refractivity (Wildman–Crippen MR) is 229 cm³/mol. The molecule has 0 aliphatic heterocycles. The molecule has 0 saturated carbocycles. The quantitative estimate of drug-likeness (QED) is 0.172. The summed E-state index contributed by atoms with van der Waals surface area (Å²) in [4.78, 5) is 15.5. The maximum atomic E-state index is 6.52. The van der Waals surface area contributed by atoms with Gasteiger partial charge in [-0.2, -0.15) is 0 Å². The van der Waals surface area contributed by atoms with Gasteiger partial charge in [0.2, 0.25) is 0 Å². The molecule has 11 rings (SSSR count). The Kier molecular flexibility index (Phi) is 7.56. The molecule has 7 aromatic carbocycles. The third kappa shape index (κ3) is 5.44. The monoisotopic (exact) mass is 718 g/mol. The average molecular weight is 719 g/mol. The van der Waals surface area contributed by atoms with Crippen LogP contribution in [-0.4, -0.2) is 19.5 Å². The number of nitrogens with zero attached hydrogens (tertiary/aromatic N) is 4. The Hall–Kier alpha value is -7.37. The molecule has 0 N–H and O–H groups in total. The van der Waals surface area contributed by atoms with Crippen molar-refractivity contribution in [1.82, 2.24) is 19.5 Å². The zero-order valence-corrected chi connectivity index (χ0v) is 30.4. The van der Waals surface area contributed by atoms with Crippen LogP contribution in [0.15, 0.2) is 193 Å². The molecule has 5 nitrogen and oxygen atoms in total. The fourth-order valence-corrected chi connectivity index (χ4v) is 8.30. The van der Waals surface area contributed by atoms with E-state index in [4.69, 9.17) is 19.4 Å². The van der Waals surface area contributed by atoms with Gasteiger partial charge < -0.3 is 8.98 Å². The highest BCUT2D eigenvalue weighted by Crippen LogP contribution is 2.39. The molecular formula is C51H34N4O. The summed E-state index contributed by atoms with van der Waals surface area (Å²) in [6, 6.07) is 59.3. The summed E-state index contributed by atoms with van der Waals surface area (Å²) in [5, 5.41) is 4.60. The Morgan fingerprint density at radius 1 is 0.500 bits per heavy atom. The topological polar surface area (TPSA) is 56.7 Å². The molecule has 264 valence electrons. The van der Waals surface area contributed by atoms with Crippen LogP contribution in [0.2, 0.25) is 0 Å². The van der Waals surface area contributed by atoms with Gasteiger partial charge in [0.15, 0.2) is 17.5 Å². The van der Waals surface area contributed by atoms with Crippen LogP contribution < -0.4 is 0 Å². The van der Waals surface area contributed by atoms with Gasteiger partial charge in [-0.05, 0) is 65.6 Å². The summed E-state index contributed by atoms with van der Waals surface area (Å²) < 4.78 is 8.85. The molecule has 1 aliphatic carbocycles. The van der Waals surface area contributed by atoms with Crippen LogP contribution >= 0.6 is 0 Å². The first-order valence-corrected chi connectivity index (χ1v) is 19.0. The van der Waals surface area contributed by atoms with Gasteiger partial charge in [-0.1, -0.05) is 146 Å². The van der Waals surface area contributed by atoms with Crippen molar-refractivity contribution in [2.24, 2.45) is 0 Å². The number of benzene rings is 7. The molecule has 0 amide bonds. The summed E-state index contributed by atoms with van der Waals surface area (Å²) in [5.74, 6) is 2.16. The van der Waals surface area contributed by atoms with Crippen LogP contribution in [0.25, 0.3) is 88.9 Å². The Morgan fingerprint density at radius 2 is 1.14 bits per heavy atom. The van der Waals surface area contributed by atoms with Crippen LogP contribution in [0.5, 0.6) is 0 Å². The highest BCUT2D eigenvalue weighted by molar-refractivity contribution is 6.13. The second kappa shape index (κ2) is 13.2. The van der Waals surface area contributed by atoms with Gasteiger partial charge >= 0.3 is 0 Å². The second-order valence-corrected chi connectivity index (χ2v) is 14.4. The summed E-state index contributed by atoms with van der Waals surface area (Å²) in [7, 11) is 0. The molecule has 0 fully saturated rings. The first-order chi connectivity index (χ1) is 27.7. The van der Waals surface area contributed by atoms with Gasteiger partial charge in [0.1, 0.15) is 11.2 Å². The minimum absolute atomic E-state index is 0.305. The Bertz CT molecular complexity index is 3120. The van der Waals surface area contributed by atoms with Crippen LogP contribution in [-0.2, 0) is 0 Å². The lowest BCUT2D eigenvalue weighted by atomic mass is 9.90. The lowest BCUT2D eigenvalue weighted by Gasteiger charge is -2.17. The lowest BCUT2D eigenvalue weighted by Crippen LogP contribution is -2.05. The summed E-state index contributed by atoms with van der Waals surface area (Å²) in [6.45, 7) is 0. The molecule has 1 atom stereocenters. The van der Waals surface area contributed by atoms with Crippen molar-refractivity contribution >= 4 is 49.3 Å². The Morgan fingerprint density at radius 3 is 1.88 bits per heavy atom. The van der Waals surface area contributed by atoms with Crippen molar-refractivity contribution in [3.8, 4) is 39.6 Å². The third-order valence-corrected chi connectivity index (χ3v) is 11.0. The first-order valence-electron chi connectivity index (χ1n) is 19.0. The fraction of sp³-hybridized carbons (Fsp3) is 0.0392. The van der Waals surface area contributed by atoms with Gasteiger partial charge in [0.05, 0.1) is 11.0 Å². The zero-order valence-electron chi connectivity index (χ0n) is 30.4. The van der Waals surface area contributed by atoms with E-state index >= 15 is 0 Å². The number of fused-ring (bicyclic) bond motifs is 6. The van der Waals surface area contributed by atoms with Crippen molar-refractivity contribution in [2.45, 2.75) is 12.3 Å². The van der Waals surface area contributed by atoms with E-state index in [1.165, 1.54) is 16.3 Å². The summed E-state index contributed by atoms with van der Waals surface area (Å²) in [6.07, 6.45) is 7.54. The molecule has 0 radical (unpaired) electrons. The number of allylic oxidation sites excluding steroid dienone is 4. The molecule has 1 unspecified atom stereocenters. The van der Waals surface area contributed by atoms with E-state index in [-0.39, 0.29) is 0 Å². The molecule has 0 saturated heterocycles. The second-order valence-electron chi connectivity index (χ2n) is 14.4. The Labute approximate surface area is 323 Å². The number of para-hydroxylation sites is 2. The van der Waals surface area contributed by atoms with Crippen LogP contribution in [0, 0.1) is 0 Å². The third-order valence-electron chi connectivity index (χ3n) is 11.0. The largest absolute Gasteiger partial charge is 0.456 e. The van der Waals surface area contributed by atoms with E-state index in [9.17, 15) is 0 Å². The van der Waals surface area contributed by atoms with Crippen molar-refractivity contribution in [3.63, 3.8) is 0 Å². The molecule has 5 heteroatoms. The number of aromatic nitrogens is 4. The first kappa shape index (κ1) is 32.1. The van der Waals surface area contributed by atoms with E-state index in [2.05, 4.69) is 181 Å². The molecule has 10 aromatic rings. The zero-order chi connectivity index (χ0) is 37.0. The van der Waals surface area contributed by atoms with E-state index in [0.717, 1.165) is 72.9 Å².